The summed E-state index contributed by atoms with van der Waals surface area (Å²) < 4.78 is 0. The van der Waals surface area contributed by atoms with E-state index < -0.39 is 0 Å². The van der Waals surface area contributed by atoms with Crippen LogP contribution in [0.25, 0.3) is 22.6 Å². The topological polar surface area (TPSA) is 39.6 Å². The van der Waals surface area contributed by atoms with Gasteiger partial charge in [-0.15, -0.1) is 0 Å². The second-order valence-corrected chi connectivity index (χ2v) is 5.41. The van der Waals surface area contributed by atoms with Gasteiger partial charge in [-0.3, -0.25) is 0 Å². The Balaban J connectivity index is 1.98. The average Bonchev–Trinajstić information content (AvgIpc) is 2.98. The summed E-state index contributed by atoms with van der Waals surface area (Å²) in [5, 5.41) is 10.6. The molecule has 108 valence electrons. The van der Waals surface area contributed by atoms with Gasteiger partial charge < -0.3 is 4.98 Å². The number of hydrogen-bond donors (Lipinski definition) is 1. The van der Waals surface area contributed by atoms with Gasteiger partial charge in [-0.2, -0.15) is 5.26 Å². The number of nitriles is 1. The van der Waals surface area contributed by atoms with E-state index in [0.29, 0.717) is 5.57 Å². The predicted octanol–water partition coefficient (Wildman–Crippen LogP) is 5.18. The number of para-hydroxylation sites is 1. The van der Waals surface area contributed by atoms with Crippen molar-refractivity contribution < 1.29 is 0 Å². The second-order valence-electron chi connectivity index (χ2n) is 5.41. The minimum Gasteiger partial charge on any atom is -0.361 e. The molecule has 0 amide bonds. The zero-order valence-corrected chi connectivity index (χ0v) is 12.6. The third-order valence-corrected chi connectivity index (χ3v) is 3.83. The summed E-state index contributed by atoms with van der Waals surface area (Å²) in [6, 6.07) is 18.8. The Morgan fingerprint density at radius 1 is 1.14 bits per heavy atom. The van der Waals surface area contributed by atoms with Gasteiger partial charge in [0, 0.05) is 22.7 Å². The number of allylic oxidation sites excluding steroid dienone is 1. The normalized spacial score (nSPS) is 11.5. The van der Waals surface area contributed by atoms with Gasteiger partial charge in [0.25, 0.3) is 0 Å². The molecule has 22 heavy (non-hydrogen) atoms. The summed E-state index contributed by atoms with van der Waals surface area (Å²) in [6.45, 7) is 2.18. The molecule has 0 saturated carbocycles. The van der Waals surface area contributed by atoms with Gasteiger partial charge in [-0.25, -0.2) is 0 Å². The van der Waals surface area contributed by atoms with E-state index in [1.807, 2.05) is 36.5 Å². The van der Waals surface area contributed by atoms with Crippen molar-refractivity contribution in [3.05, 3.63) is 71.4 Å². The summed E-state index contributed by atoms with van der Waals surface area (Å²) in [5.41, 5.74) is 5.08. The van der Waals surface area contributed by atoms with Gasteiger partial charge in [-0.05, 0) is 29.7 Å². The maximum Gasteiger partial charge on any atom is 0.0998 e. The molecule has 2 nitrogen and oxygen atoms in total. The first-order valence-electron chi connectivity index (χ1n) is 7.59. The molecule has 0 fully saturated rings. The molecular formula is C20H18N2. The molecule has 0 unspecified atom stereocenters. The first kappa shape index (κ1) is 14.2. The van der Waals surface area contributed by atoms with Crippen LogP contribution in [0.5, 0.6) is 0 Å². The van der Waals surface area contributed by atoms with E-state index in [1.165, 1.54) is 5.56 Å². The van der Waals surface area contributed by atoms with E-state index in [4.69, 9.17) is 0 Å². The molecule has 0 radical (unpaired) electrons. The molecule has 0 saturated heterocycles. The van der Waals surface area contributed by atoms with E-state index in [9.17, 15) is 5.26 Å². The van der Waals surface area contributed by atoms with Crippen LogP contribution in [0.3, 0.4) is 0 Å². The van der Waals surface area contributed by atoms with Gasteiger partial charge in [0.1, 0.15) is 0 Å². The van der Waals surface area contributed by atoms with Crippen LogP contribution in [0.2, 0.25) is 0 Å². The Labute approximate surface area is 130 Å². The van der Waals surface area contributed by atoms with Crippen LogP contribution in [0, 0.1) is 11.3 Å². The van der Waals surface area contributed by atoms with Crippen LogP contribution >= 0.6 is 0 Å². The fourth-order valence-corrected chi connectivity index (χ4v) is 2.70. The number of hydrogen-bond acceptors (Lipinski definition) is 1. The van der Waals surface area contributed by atoms with Gasteiger partial charge in [0.15, 0.2) is 0 Å². The van der Waals surface area contributed by atoms with E-state index in [0.717, 1.165) is 34.9 Å². The van der Waals surface area contributed by atoms with Crippen LogP contribution in [-0.4, -0.2) is 4.98 Å². The molecule has 1 N–H and O–H groups in total. The summed E-state index contributed by atoms with van der Waals surface area (Å²) in [4.78, 5) is 3.22. The van der Waals surface area contributed by atoms with Crippen LogP contribution in [0.15, 0.2) is 54.7 Å². The maximum atomic E-state index is 9.53. The largest absolute Gasteiger partial charge is 0.361 e. The monoisotopic (exact) mass is 286 g/mol. The van der Waals surface area contributed by atoms with Crippen LogP contribution in [0.4, 0.5) is 0 Å². The number of rotatable bonds is 4. The molecule has 2 heteroatoms. The van der Waals surface area contributed by atoms with Crippen molar-refractivity contribution in [1.82, 2.24) is 4.98 Å². The number of aromatic amines is 1. The Morgan fingerprint density at radius 3 is 2.64 bits per heavy atom. The number of nitrogens with zero attached hydrogens (tertiary/aromatic N) is 1. The lowest BCUT2D eigenvalue weighted by Gasteiger charge is -2.01. The van der Waals surface area contributed by atoms with Gasteiger partial charge >= 0.3 is 0 Å². The lowest BCUT2D eigenvalue weighted by atomic mass is 10.0. The quantitative estimate of drug-likeness (QED) is 0.659. The van der Waals surface area contributed by atoms with Crippen molar-refractivity contribution in [1.29, 1.82) is 5.26 Å². The summed E-state index contributed by atoms with van der Waals surface area (Å²) >= 11 is 0. The van der Waals surface area contributed by atoms with E-state index in [-0.39, 0.29) is 0 Å². The van der Waals surface area contributed by atoms with E-state index in [2.05, 4.69) is 42.2 Å². The molecule has 3 rings (SSSR count). The van der Waals surface area contributed by atoms with Crippen molar-refractivity contribution in [2.75, 3.05) is 0 Å². The highest BCUT2D eigenvalue weighted by molar-refractivity contribution is 6.01. The smallest absolute Gasteiger partial charge is 0.0998 e. The van der Waals surface area contributed by atoms with Gasteiger partial charge in [0.05, 0.1) is 11.6 Å². The maximum absolute atomic E-state index is 9.53. The van der Waals surface area contributed by atoms with Crippen LogP contribution in [-0.2, 0) is 6.42 Å². The zero-order chi connectivity index (χ0) is 15.4. The highest BCUT2D eigenvalue weighted by Gasteiger charge is 2.07. The minimum absolute atomic E-state index is 0.681. The Kier molecular flexibility index (Phi) is 4.07. The molecule has 0 aliphatic heterocycles. The lowest BCUT2D eigenvalue weighted by Crippen LogP contribution is -1.84. The number of nitrogens with one attached hydrogen (secondary N) is 1. The SMILES string of the molecule is CCCc1ccc(/C=C(\C#N)c2c[nH]c3ccccc23)cc1. The molecule has 0 bridgehead atoms. The predicted molar refractivity (Wildman–Crippen MR) is 92.2 cm³/mol. The Bertz CT molecular complexity index is 845. The van der Waals surface area contributed by atoms with Crippen LogP contribution < -0.4 is 0 Å². The number of fused-ring (bicyclic) bond motifs is 1. The lowest BCUT2D eigenvalue weighted by molar-refractivity contribution is 0.922. The van der Waals surface area contributed by atoms with Crippen molar-refractivity contribution >= 4 is 22.6 Å². The standard InChI is InChI=1S/C20H18N2/c1-2-5-15-8-10-16(11-9-15)12-17(13-21)19-14-22-20-7-4-3-6-18(19)20/h3-4,6-12,14,22H,2,5H2,1H3/b17-12+. The molecule has 3 aromatic rings. The van der Waals surface area contributed by atoms with Crippen LogP contribution in [0.1, 0.15) is 30.0 Å². The number of aryl methyl sites for hydroxylation is 1. The first-order chi connectivity index (χ1) is 10.8. The summed E-state index contributed by atoms with van der Waals surface area (Å²) in [5.74, 6) is 0. The number of H-pyrrole nitrogens is 1. The van der Waals surface area contributed by atoms with E-state index >= 15 is 0 Å². The van der Waals surface area contributed by atoms with Crippen molar-refractivity contribution in [2.45, 2.75) is 19.8 Å². The first-order valence-corrected chi connectivity index (χ1v) is 7.59. The van der Waals surface area contributed by atoms with Gasteiger partial charge in [0.2, 0.25) is 0 Å². The Hall–Kier alpha value is -2.79. The highest BCUT2D eigenvalue weighted by atomic mass is 14.7. The highest BCUT2D eigenvalue weighted by Crippen LogP contribution is 2.26. The fourth-order valence-electron chi connectivity index (χ4n) is 2.70. The average molecular weight is 286 g/mol. The number of aromatic nitrogens is 1. The fraction of sp³-hybridized carbons (Fsp3) is 0.150. The zero-order valence-electron chi connectivity index (χ0n) is 12.6. The minimum atomic E-state index is 0.681. The molecule has 1 aromatic heterocycles. The van der Waals surface area contributed by atoms with Crippen molar-refractivity contribution in [3.63, 3.8) is 0 Å². The molecular weight excluding hydrogens is 268 g/mol. The molecule has 0 aliphatic carbocycles. The molecule has 1 heterocycles. The third-order valence-electron chi connectivity index (χ3n) is 3.83. The van der Waals surface area contributed by atoms with Crippen molar-refractivity contribution in [2.24, 2.45) is 0 Å². The van der Waals surface area contributed by atoms with Gasteiger partial charge in [-0.1, -0.05) is 55.8 Å². The number of benzene rings is 2. The van der Waals surface area contributed by atoms with E-state index in [1.54, 1.807) is 0 Å². The molecule has 2 aromatic carbocycles. The third kappa shape index (κ3) is 2.80. The second kappa shape index (κ2) is 6.32. The Morgan fingerprint density at radius 2 is 1.91 bits per heavy atom. The summed E-state index contributed by atoms with van der Waals surface area (Å²) in [6.07, 6.45) is 6.10. The molecule has 0 spiro atoms. The van der Waals surface area contributed by atoms with Crippen molar-refractivity contribution in [3.8, 4) is 6.07 Å². The molecule has 0 aliphatic rings. The molecule has 0 atom stereocenters. The summed E-state index contributed by atoms with van der Waals surface area (Å²) in [7, 11) is 0.